The highest BCUT2D eigenvalue weighted by Gasteiger charge is 2.35. The van der Waals surface area contributed by atoms with Crippen molar-refractivity contribution in [1.29, 1.82) is 0 Å². The third-order valence-electron chi connectivity index (χ3n) is 5.81. The van der Waals surface area contributed by atoms with E-state index in [-0.39, 0.29) is 17.8 Å². The Morgan fingerprint density at radius 3 is 2.77 bits per heavy atom. The number of rotatable bonds is 8. The van der Waals surface area contributed by atoms with Crippen LogP contribution in [-0.2, 0) is 11.3 Å². The lowest BCUT2D eigenvalue weighted by Gasteiger charge is -2.43. The maximum absolute atomic E-state index is 11.3. The Balaban J connectivity index is 1.73. The first kappa shape index (κ1) is 22.8. The Kier molecular flexibility index (Phi) is 7.53. The Hall–Kier alpha value is -1.92. The molecule has 1 aliphatic heterocycles. The molecule has 3 rings (SSSR count). The second kappa shape index (κ2) is 9.92. The smallest absolute Gasteiger partial charge is 0.303 e. The van der Waals surface area contributed by atoms with Gasteiger partial charge < -0.3 is 9.84 Å². The maximum atomic E-state index is 11.3. The van der Waals surface area contributed by atoms with Crippen molar-refractivity contribution in [3.63, 3.8) is 0 Å². The van der Waals surface area contributed by atoms with Gasteiger partial charge in [-0.1, -0.05) is 39.8 Å². The quantitative estimate of drug-likeness (QED) is 0.594. The van der Waals surface area contributed by atoms with Gasteiger partial charge in [0, 0.05) is 37.1 Å². The molecule has 0 radical (unpaired) electrons. The van der Waals surface area contributed by atoms with Gasteiger partial charge in [-0.05, 0) is 42.2 Å². The number of hydrogen-bond acceptors (Lipinski definition) is 5. The highest BCUT2D eigenvalue weighted by molar-refractivity contribution is 7.15. The molecule has 0 spiro atoms. The van der Waals surface area contributed by atoms with Crippen LogP contribution in [0.4, 0.5) is 0 Å². The molecule has 2 aromatic rings. The molecule has 0 amide bonds. The first-order valence-corrected chi connectivity index (χ1v) is 11.7. The molecule has 0 unspecified atom stereocenters. The lowest BCUT2D eigenvalue weighted by Crippen LogP contribution is -2.44. The van der Waals surface area contributed by atoms with E-state index in [1.54, 1.807) is 11.3 Å². The number of piperidine rings is 1. The van der Waals surface area contributed by atoms with Crippen molar-refractivity contribution in [3.05, 3.63) is 35.3 Å². The van der Waals surface area contributed by atoms with Gasteiger partial charge in [-0.25, -0.2) is 4.98 Å². The number of likely N-dealkylation sites (tertiary alicyclic amines) is 1. The summed E-state index contributed by atoms with van der Waals surface area (Å²) in [5.41, 5.74) is 1.21. The molecule has 6 heteroatoms. The first-order chi connectivity index (χ1) is 14.3. The van der Waals surface area contributed by atoms with E-state index in [1.807, 2.05) is 24.4 Å². The molecule has 2 heterocycles. The fraction of sp³-hybridized carbons (Fsp3) is 0.583. The van der Waals surface area contributed by atoms with Gasteiger partial charge in [0.15, 0.2) is 0 Å². The third kappa shape index (κ3) is 6.05. The Labute approximate surface area is 184 Å². The molecule has 2 atom stereocenters. The molecule has 1 aromatic carbocycles. The molecule has 0 bridgehead atoms. The summed E-state index contributed by atoms with van der Waals surface area (Å²) in [6, 6.07) is 8.07. The second-order valence-electron chi connectivity index (χ2n) is 9.43. The standard InChI is InChI=1S/C24H34N2O3S/c1-5-10-29-21-9-7-6-8-20(21)23-25-13-19(30-23)16-26-14-17(12-22(27)28)11-18(15-26)24(2,3)4/h6-9,13,17-18H,5,10-12,14-16H2,1-4H3,(H,27,28)/t17-,18+/m0/s1. The van der Waals surface area contributed by atoms with E-state index in [0.717, 1.165) is 48.8 Å². The summed E-state index contributed by atoms with van der Waals surface area (Å²) in [6.07, 6.45) is 4.17. The second-order valence-corrected chi connectivity index (χ2v) is 10.5. The SMILES string of the molecule is CCCOc1ccccc1-c1ncc(CN2C[C@H](CC(=O)O)C[C@@H](C(C)(C)C)C2)s1. The van der Waals surface area contributed by atoms with Crippen molar-refractivity contribution in [2.24, 2.45) is 17.3 Å². The fourth-order valence-electron chi connectivity index (χ4n) is 4.16. The highest BCUT2D eigenvalue weighted by atomic mass is 32.1. The molecule has 0 saturated carbocycles. The van der Waals surface area contributed by atoms with Crippen LogP contribution in [0.3, 0.4) is 0 Å². The number of thiazole rings is 1. The number of carbonyl (C=O) groups is 1. The third-order valence-corrected chi connectivity index (χ3v) is 6.83. The number of ether oxygens (including phenoxy) is 1. The van der Waals surface area contributed by atoms with Gasteiger partial charge >= 0.3 is 5.97 Å². The Morgan fingerprint density at radius 2 is 2.07 bits per heavy atom. The Bertz CT molecular complexity index is 843. The average Bonchev–Trinajstić information content (AvgIpc) is 3.13. The summed E-state index contributed by atoms with van der Waals surface area (Å²) in [4.78, 5) is 19.6. The first-order valence-electron chi connectivity index (χ1n) is 10.9. The van der Waals surface area contributed by atoms with Crippen LogP contribution >= 0.6 is 11.3 Å². The number of nitrogens with zero attached hydrogens (tertiary/aromatic N) is 2. The zero-order chi connectivity index (χ0) is 21.7. The summed E-state index contributed by atoms with van der Waals surface area (Å²) >= 11 is 1.70. The minimum absolute atomic E-state index is 0.170. The lowest BCUT2D eigenvalue weighted by atomic mass is 9.72. The molecule has 30 heavy (non-hydrogen) atoms. The van der Waals surface area contributed by atoms with Crippen LogP contribution in [0.5, 0.6) is 5.75 Å². The topological polar surface area (TPSA) is 62.7 Å². The largest absolute Gasteiger partial charge is 0.493 e. The van der Waals surface area contributed by atoms with E-state index in [9.17, 15) is 9.90 Å². The number of benzene rings is 1. The number of hydrogen-bond donors (Lipinski definition) is 1. The summed E-state index contributed by atoms with van der Waals surface area (Å²) in [7, 11) is 0. The van der Waals surface area contributed by atoms with Crippen LogP contribution in [0.15, 0.2) is 30.5 Å². The molecule has 1 saturated heterocycles. The molecular weight excluding hydrogens is 396 g/mol. The van der Waals surface area contributed by atoms with Gasteiger partial charge in [-0.3, -0.25) is 9.69 Å². The summed E-state index contributed by atoms with van der Waals surface area (Å²) < 4.78 is 5.90. The number of aliphatic carboxylic acids is 1. The number of para-hydroxylation sites is 1. The molecule has 1 fully saturated rings. The summed E-state index contributed by atoms with van der Waals surface area (Å²) in [6.45, 7) is 12.2. The zero-order valence-electron chi connectivity index (χ0n) is 18.6. The van der Waals surface area contributed by atoms with Gasteiger partial charge in [0.2, 0.25) is 0 Å². The maximum Gasteiger partial charge on any atom is 0.303 e. The number of carboxylic acids is 1. The minimum Gasteiger partial charge on any atom is -0.493 e. The Morgan fingerprint density at radius 1 is 1.30 bits per heavy atom. The zero-order valence-corrected chi connectivity index (χ0v) is 19.4. The van der Waals surface area contributed by atoms with Crippen LogP contribution in [0.2, 0.25) is 0 Å². The van der Waals surface area contributed by atoms with Crippen molar-refractivity contribution in [1.82, 2.24) is 9.88 Å². The van der Waals surface area contributed by atoms with Crippen LogP contribution in [0, 0.1) is 17.3 Å². The molecule has 5 nitrogen and oxygen atoms in total. The van der Waals surface area contributed by atoms with E-state index >= 15 is 0 Å². The average molecular weight is 431 g/mol. The van der Waals surface area contributed by atoms with Crippen LogP contribution < -0.4 is 4.74 Å². The molecular formula is C24H34N2O3S. The predicted octanol–water partition coefficient (Wildman–Crippen LogP) is 5.56. The van der Waals surface area contributed by atoms with Gasteiger partial charge in [0.1, 0.15) is 10.8 Å². The van der Waals surface area contributed by atoms with Gasteiger partial charge in [-0.2, -0.15) is 0 Å². The monoisotopic (exact) mass is 430 g/mol. The van der Waals surface area contributed by atoms with Crippen LogP contribution in [-0.4, -0.2) is 40.7 Å². The molecule has 1 N–H and O–H groups in total. The van der Waals surface area contributed by atoms with Crippen molar-refractivity contribution < 1.29 is 14.6 Å². The van der Waals surface area contributed by atoms with Crippen LogP contribution in [0.1, 0.15) is 51.8 Å². The lowest BCUT2D eigenvalue weighted by molar-refractivity contribution is -0.139. The van der Waals surface area contributed by atoms with Crippen molar-refractivity contribution in [2.75, 3.05) is 19.7 Å². The van der Waals surface area contributed by atoms with E-state index in [0.29, 0.717) is 12.5 Å². The van der Waals surface area contributed by atoms with E-state index < -0.39 is 5.97 Å². The molecule has 1 aromatic heterocycles. The van der Waals surface area contributed by atoms with Gasteiger partial charge in [0.25, 0.3) is 0 Å². The van der Waals surface area contributed by atoms with E-state index in [4.69, 9.17) is 4.74 Å². The summed E-state index contributed by atoms with van der Waals surface area (Å²) in [5, 5.41) is 10.3. The van der Waals surface area contributed by atoms with Crippen LogP contribution in [0.25, 0.3) is 10.6 Å². The van der Waals surface area contributed by atoms with Crippen molar-refractivity contribution in [2.45, 2.75) is 53.5 Å². The van der Waals surface area contributed by atoms with E-state index in [2.05, 4.69) is 43.6 Å². The normalized spacial score (nSPS) is 20.3. The number of carboxylic acid groups (broad SMARTS) is 1. The van der Waals surface area contributed by atoms with E-state index in [1.165, 1.54) is 4.88 Å². The molecule has 0 aliphatic carbocycles. The number of aromatic nitrogens is 1. The summed E-state index contributed by atoms with van der Waals surface area (Å²) in [5.74, 6) is 0.882. The van der Waals surface area contributed by atoms with Crippen molar-refractivity contribution in [3.8, 4) is 16.3 Å². The fourth-order valence-corrected chi connectivity index (χ4v) is 5.15. The van der Waals surface area contributed by atoms with Gasteiger partial charge in [-0.15, -0.1) is 11.3 Å². The minimum atomic E-state index is -0.696. The predicted molar refractivity (Wildman–Crippen MR) is 122 cm³/mol. The van der Waals surface area contributed by atoms with Crippen molar-refractivity contribution >= 4 is 17.3 Å². The van der Waals surface area contributed by atoms with Gasteiger partial charge in [0.05, 0.1) is 12.2 Å². The highest BCUT2D eigenvalue weighted by Crippen LogP contribution is 2.38. The molecule has 164 valence electrons. The molecule has 1 aliphatic rings.